The number of ketones is 1. The highest BCUT2D eigenvalue weighted by atomic mass is 16.5. The number of aryl methyl sites for hydroxylation is 2. The van der Waals surface area contributed by atoms with Crippen LogP contribution in [0, 0.1) is 12.8 Å². The van der Waals surface area contributed by atoms with E-state index in [-0.39, 0.29) is 20.1 Å². The van der Waals surface area contributed by atoms with Gasteiger partial charge < -0.3 is 10.1 Å². The van der Waals surface area contributed by atoms with Crippen LogP contribution in [0.15, 0.2) is 48.7 Å². The summed E-state index contributed by atoms with van der Waals surface area (Å²) in [5.41, 5.74) is 6.74. The number of carbonyl (C=O) groups is 2. The molecule has 0 saturated heterocycles. The molecule has 0 fully saturated rings. The summed E-state index contributed by atoms with van der Waals surface area (Å²) in [6, 6.07) is 14.4. The zero-order chi connectivity index (χ0) is 24.5. The molecule has 1 N–H and O–H groups in total. The van der Waals surface area contributed by atoms with Crippen LogP contribution in [0.25, 0.3) is 0 Å². The zero-order valence-corrected chi connectivity index (χ0v) is 21.3. The van der Waals surface area contributed by atoms with E-state index in [1.165, 1.54) is 16.7 Å². The van der Waals surface area contributed by atoms with Crippen molar-refractivity contribution in [2.75, 3.05) is 5.32 Å². The van der Waals surface area contributed by atoms with Crippen molar-refractivity contribution in [1.29, 1.82) is 0 Å². The molecular formula is C30H32BN2O3. The lowest BCUT2D eigenvalue weighted by molar-refractivity contribution is -0.116. The summed E-state index contributed by atoms with van der Waals surface area (Å²) in [6.07, 6.45) is 6.19. The fourth-order valence-electron chi connectivity index (χ4n) is 5.21. The lowest BCUT2D eigenvalue weighted by Crippen LogP contribution is -2.20. The molecule has 3 radical (unpaired) electrons. The molecule has 1 amide bonds. The van der Waals surface area contributed by atoms with Crippen LogP contribution in [-0.4, -0.2) is 25.1 Å². The van der Waals surface area contributed by atoms with Gasteiger partial charge in [-0.2, -0.15) is 0 Å². The molecule has 1 aliphatic carbocycles. The largest absolute Gasteiger partial charge is 0.457 e. The first-order valence-electron chi connectivity index (χ1n) is 12.6. The van der Waals surface area contributed by atoms with Gasteiger partial charge in [-0.05, 0) is 91.5 Å². The van der Waals surface area contributed by atoms with Gasteiger partial charge >= 0.3 is 0 Å². The number of hydrogen-bond acceptors (Lipinski definition) is 4. The molecule has 5 rings (SSSR count). The maximum absolute atomic E-state index is 13.2. The van der Waals surface area contributed by atoms with E-state index >= 15 is 0 Å². The number of pyridine rings is 1. The maximum atomic E-state index is 13.2. The molecule has 0 spiro atoms. The number of ether oxygens (including phenoxy) is 1. The van der Waals surface area contributed by atoms with Crippen molar-refractivity contribution in [3.05, 3.63) is 82.0 Å². The van der Waals surface area contributed by atoms with Crippen molar-refractivity contribution in [3.63, 3.8) is 0 Å². The van der Waals surface area contributed by atoms with E-state index in [9.17, 15) is 9.59 Å². The quantitative estimate of drug-likeness (QED) is 0.338. The van der Waals surface area contributed by atoms with Crippen LogP contribution in [-0.2, 0) is 24.1 Å². The molecule has 2 aliphatic rings. The molecule has 0 saturated carbocycles. The normalized spacial score (nSPS) is 16.4. The Balaban J connectivity index is 0.00000304. The highest BCUT2D eigenvalue weighted by molar-refractivity contribution is 5.96. The summed E-state index contributed by atoms with van der Waals surface area (Å²) in [5.74, 6) is 3.07. The Morgan fingerprint density at radius 1 is 1.08 bits per heavy atom. The molecule has 5 nitrogen and oxygen atoms in total. The first-order chi connectivity index (χ1) is 16.9. The number of amides is 1. The van der Waals surface area contributed by atoms with Crippen molar-refractivity contribution < 1.29 is 14.3 Å². The lowest BCUT2D eigenvalue weighted by atomic mass is 9.80. The van der Waals surface area contributed by atoms with Crippen molar-refractivity contribution in [1.82, 2.24) is 4.98 Å². The third kappa shape index (κ3) is 5.53. The summed E-state index contributed by atoms with van der Waals surface area (Å²) in [4.78, 5) is 29.1. The van der Waals surface area contributed by atoms with Crippen LogP contribution in [0.3, 0.4) is 0 Å². The van der Waals surface area contributed by atoms with Gasteiger partial charge in [-0.15, -0.1) is 0 Å². The average molecular weight is 479 g/mol. The Bertz CT molecular complexity index is 1300. The minimum atomic E-state index is -0.0115. The topological polar surface area (TPSA) is 68.3 Å². The monoisotopic (exact) mass is 479 g/mol. The van der Waals surface area contributed by atoms with Crippen LogP contribution < -0.4 is 10.1 Å². The van der Waals surface area contributed by atoms with Gasteiger partial charge in [0, 0.05) is 38.6 Å². The Labute approximate surface area is 215 Å². The van der Waals surface area contributed by atoms with Crippen LogP contribution in [0.4, 0.5) is 5.82 Å². The summed E-state index contributed by atoms with van der Waals surface area (Å²) in [6.45, 7) is 6.39. The van der Waals surface area contributed by atoms with E-state index in [1.807, 2.05) is 18.2 Å². The summed E-state index contributed by atoms with van der Waals surface area (Å²) in [7, 11) is 0. The number of carbonyl (C=O) groups excluding carboxylic acids is 2. The molecule has 6 heteroatoms. The zero-order valence-electron chi connectivity index (χ0n) is 21.3. The summed E-state index contributed by atoms with van der Waals surface area (Å²) in [5, 5.41) is 2.82. The molecule has 36 heavy (non-hydrogen) atoms. The molecule has 3 aromatic rings. The number of anilines is 1. The highest BCUT2D eigenvalue weighted by Crippen LogP contribution is 2.36. The number of Topliss-reactive ketones (excluding diaryl/α,β-unsaturated/α-hetero) is 1. The molecule has 1 aliphatic heterocycles. The van der Waals surface area contributed by atoms with Gasteiger partial charge in [-0.3, -0.25) is 9.59 Å². The highest BCUT2D eigenvalue weighted by Gasteiger charge is 2.24. The number of hydrogen-bond donors (Lipinski definition) is 1. The number of benzene rings is 2. The molecule has 0 bridgehead atoms. The second-order valence-corrected chi connectivity index (χ2v) is 10.2. The predicted octanol–water partition coefficient (Wildman–Crippen LogP) is 6.19. The van der Waals surface area contributed by atoms with E-state index in [2.05, 4.69) is 55.3 Å². The molecule has 1 atom stereocenters. The first-order valence-corrected chi connectivity index (χ1v) is 12.6. The maximum Gasteiger partial charge on any atom is 0.225 e. The van der Waals surface area contributed by atoms with Crippen LogP contribution in [0.5, 0.6) is 11.5 Å². The minimum Gasteiger partial charge on any atom is -0.457 e. The molecular weight excluding hydrogens is 447 g/mol. The fraction of sp³-hybridized carbons (Fsp3) is 0.367. The smallest absolute Gasteiger partial charge is 0.225 e. The van der Waals surface area contributed by atoms with Gasteiger partial charge in [-0.1, -0.05) is 31.5 Å². The predicted molar refractivity (Wildman–Crippen MR) is 143 cm³/mol. The third-order valence-corrected chi connectivity index (χ3v) is 7.17. The number of nitrogens with zero attached hydrogens (tertiary/aromatic N) is 1. The number of nitrogens with one attached hydrogen (secondary N) is 1. The standard InChI is InChI=1S/C30H32N2O3.B/c1-18(2)22-12-19(3)13-24(16-22)27(33)15-20-4-5-21-6-7-25(17-23(21)14-20)35-28-10-11-31-30-26(28)8-9-29(34)32-30;/h6-7,10-13,16-18,20H,4-5,8-9,14-15H2,1-3H3,(H,31,32,34);/t20-;/m1./s1. The Kier molecular flexibility index (Phi) is 7.63. The Hall–Kier alpha value is -3.41. The van der Waals surface area contributed by atoms with E-state index in [4.69, 9.17) is 4.74 Å². The van der Waals surface area contributed by atoms with Gasteiger partial charge in [0.1, 0.15) is 17.3 Å². The van der Waals surface area contributed by atoms with E-state index < -0.39 is 0 Å². The van der Waals surface area contributed by atoms with E-state index in [0.29, 0.717) is 36.9 Å². The fourth-order valence-corrected chi connectivity index (χ4v) is 5.21. The van der Waals surface area contributed by atoms with Crippen molar-refractivity contribution in [2.45, 2.75) is 65.2 Å². The van der Waals surface area contributed by atoms with Crippen LogP contribution in [0.2, 0.25) is 0 Å². The van der Waals surface area contributed by atoms with Crippen molar-refractivity contribution >= 4 is 25.9 Å². The second kappa shape index (κ2) is 10.7. The number of aromatic nitrogens is 1. The summed E-state index contributed by atoms with van der Waals surface area (Å²) < 4.78 is 6.25. The van der Waals surface area contributed by atoms with Gasteiger partial charge in [-0.25, -0.2) is 4.98 Å². The molecule has 183 valence electrons. The Morgan fingerprint density at radius 3 is 2.72 bits per heavy atom. The second-order valence-electron chi connectivity index (χ2n) is 10.2. The minimum absolute atomic E-state index is 0. The van der Waals surface area contributed by atoms with Crippen molar-refractivity contribution in [3.8, 4) is 11.5 Å². The lowest BCUT2D eigenvalue weighted by Gasteiger charge is -2.25. The Morgan fingerprint density at radius 2 is 1.92 bits per heavy atom. The number of fused-ring (bicyclic) bond motifs is 2. The van der Waals surface area contributed by atoms with E-state index in [1.54, 1.807) is 6.20 Å². The summed E-state index contributed by atoms with van der Waals surface area (Å²) >= 11 is 0. The van der Waals surface area contributed by atoms with Gasteiger partial charge in [0.15, 0.2) is 5.78 Å². The average Bonchev–Trinajstić information content (AvgIpc) is 2.83. The van der Waals surface area contributed by atoms with Gasteiger partial charge in [0.2, 0.25) is 5.91 Å². The SMILES string of the molecule is Cc1cc(C(=O)C[C@@H]2CCc3ccc(Oc4ccnc5c4CCC(=O)N5)cc3C2)cc(C(C)C)c1.[B]. The van der Waals surface area contributed by atoms with E-state index in [0.717, 1.165) is 47.5 Å². The molecule has 1 aromatic heterocycles. The molecule has 2 aromatic carbocycles. The van der Waals surface area contributed by atoms with Crippen LogP contribution in [0.1, 0.15) is 77.2 Å². The first kappa shape index (κ1) is 25.7. The molecule has 2 heterocycles. The van der Waals surface area contributed by atoms with Gasteiger partial charge in [0.25, 0.3) is 0 Å². The van der Waals surface area contributed by atoms with Gasteiger partial charge in [0.05, 0.1) is 0 Å². The number of rotatable bonds is 6. The van der Waals surface area contributed by atoms with Crippen molar-refractivity contribution in [2.24, 2.45) is 5.92 Å². The molecule has 0 unspecified atom stereocenters. The third-order valence-electron chi connectivity index (χ3n) is 7.17. The van der Waals surface area contributed by atoms with Crippen LogP contribution >= 0.6 is 0 Å².